The van der Waals surface area contributed by atoms with E-state index in [2.05, 4.69) is 40.2 Å². The van der Waals surface area contributed by atoms with E-state index in [4.69, 9.17) is 5.84 Å². The second-order valence-electron chi connectivity index (χ2n) is 4.78. The molecule has 0 aliphatic carbocycles. The van der Waals surface area contributed by atoms with E-state index >= 15 is 0 Å². The van der Waals surface area contributed by atoms with Gasteiger partial charge in [0.15, 0.2) is 0 Å². The third-order valence-corrected chi connectivity index (χ3v) is 4.39. The summed E-state index contributed by atoms with van der Waals surface area (Å²) in [5, 5.41) is 1.14. The maximum absolute atomic E-state index is 5.46. The molecule has 1 aliphatic rings. The lowest BCUT2D eigenvalue weighted by molar-refractivity contribution is 0.729. The number of aryl methyl sites for hydroxylation is 1. The first kappa shape index (κ1) is 11.7. The molecule has 96 valence electrons. The van der Waals surface area contributed by atoms with Crippen molar-refractivity contribution in [2.75, 3.05) is 16.9 Å². The summed E-state index contributed by atoms with van der Waals surface area (Å²) in [5.41, 5.74) is 2.56. The molecule has 5 nitrogen and oxygen atoms in total. The molecule has 3 N–H and O–H groups in total. The Labute approximate surface area is 110 Å². The van der Waals surface area contributed by atoms with Gasteiger partial charge in [-0.25, -0.2) is 10.8 Å². The number of anilines is 2. The number of nitrogens with one attached hydrogen (secondary N) is 1. The molecule has 0 spiro atoms. The van der Waals surface area contributed by atoms with Crippen LogP contribution in [0.1, 0.15) is 24.6 Å². The Kier molecular flexibility index (Phi) is 2.83. The van der Waals surface area contributed by atoms with E-state index in [1.807, 2.05) is 0 Å². The highest BCUT2D eigenvalue weighted by Gasteiger charge is 2.24. The van der Waals surface area contributed by atoms with Gasteiger partial charge < -0.3 is 4.90 Å². The van der Waals surface area contributed by atoms with Crippen molar-refractivity contribution in [3.8, 4) is 0 Å². The largest absolute Gasteiger partial charge is 0.353 e. The molecule has 2 aromatic heterocycles. The summed E-state index contributed by atoms with van der Waals surface area (Å²) in [6, 6.07) is 2.70. The van der Waals surface area contributed by atoms with Crippen LogP contribution < -0.4 is 16.2 Å². The highest BCUT2D eigenvalue weighted by atomic mass is 32.1. The minimum atomic E-state index is 0.499. The lowest BCUT2D eigenvalue weighted by atomic mass is 10.2. The molecule has 1 atom stereocenters. The van der Waals surface area contributed by atoms with Crippen molar-refractivity contribution in [2.45, 2.75) is 32.7 Å². The van der Waals surface area contributed by atoms with Gasteiger partial charge in [0.2, 0.25) is 5.95 Å². The standard InChI is InChI=1S/C12H17N5S/c1-7-4-3-5-17(7)10-9-6-8(2)18-11(9)15-12(14-10)16-13/h6-7H,3-5,13H2,1-2H3,(H,14,15,16). The molecule has 2 aromatic rings. The third-order valence-electron chi connectivity index (χ3n) is 3.45. The predicted octanol–water partition coefficient (Wildman–Crippen LogP) is 2.27. The normalized spacial score (nSPS) is 19.7. The molecule has 1 saturated heterocycles. The minimum absolute atomic E-state index is 0.499. The van der Waals surface area contributed by atoms with Gasteiger partial charge in [0.25, 0.3) is 0 Å². The van der Waals surface area contributed by atoms with E-state index in [1.54, 1.807) is 11.3 Å². The van der Waals surface area contributed by atoms with E-state index in [1.165, 1.54) is 17.7 Å². The van der Waals surface area contributed by atoms with Crippen LogP contribution in [-0.4, -0.2) is 22.6 Å². The highest BCUT2D eigenvalue weighted by Crippen LogP contribution is 2.34. The first-order chi connectivity index (χ1) is 8.69. The topological polar surface area (TPSA) is 67.1 Å². The van der Waals surface area contributed by atoms with Gasteiger partial charge in [0.05, 0.1) is 5.39 Å². The molecule has 3 rings (SSSR count). The van der Waals surface area contributed by atoms with E-state index in [-0.39, 0.29) is 0 Å². The van der Waals surface area contributed by atoms with Gasteiger partial charge >= 0.3 is 0 Å². The van der Waals surface area contributed by atoms with Crippen molar-refractivity contribution in [2.24, 2.45) is 5.84 Å². The van der Waals surface area contributed by atoms with Gasteiger partial charge in [0, 0.05) is 17.5 Å². The van der Waals surface area contributed by atoms with Crippen molar-refractivity contribution >= 4 is 33.3 Å². The van der Waals surface area contributed by atoms with Crippen LogP contribution in [0.3, 0.4) is 0 Å². The van der Waals surface area contributed by atoms with Crippen molar-refractivity contribution in [3.05, 3.63) is 10.9 Å². The first-order valence-corrected chi connectivity index (χ1v) is 7.02. The molecule has 1 fully saturated rings. The van der Waals surface area contributed by atoms with Crippen LogP contribution in [0.15, 0.2) is 6.07 Å². The molecule has 1 aliphatic heterocycles. The predicted molar refractivity (Wildman–Crippen MR) is 76.0 cm³/mol. The van der Waals surface area contributed by atoms with Gasteiger partial charge in [-0.15, -0.1) is 11.3 Å². The molecule has 18 heavy (non-hydrogen) atoms. The van der Waals surface area contributed by atoms with E-state index in [0.717, 1.165) is 22.6 Å². The lowest BCUT2D eigenvalue weighted by Crippen LogP contribution is -2.28. The van der Waals surface area contributed by atoms with Crippen molar-refractivity contribution in [1.29, 1.82) is 0 Å². The smallest absolute Gasteiger partial charge is 0.240 e. The fraction of sp³-hybridized carbons (Fsp3) is 0.500. The molecule has 0 aromatic carbocycles. The Morgan fingerprint density at radius 2 is 2.33 bits per heavy atom. The Morgan fingerprint density at radius 3 is 3.00 bits per heavy atom. The summed E-state index contributed by atoms with van der Waals surface area (Å²) in [6.45, 7) is 5.40. The number of hydrogen-bond acceptors (Lipinski definition) is 6. The summed E-state index contributed by atoms with van der Waals surface area (Å²) in [6.07, 6.45) is 2.45. The van der Waals surface area contributed by atoms with Crippen LogP contribution in [0.25, 0.3) is 10.2 Å². The van der Waals surface area contributed by atoms with Gasteiger partial charge in [0.1, 0.15) is 10.6 Å². The number of nitrogens with two attached hydrogens (primary N) is 1. The maximum atomic E-state index is 5.46. The van der Waals surface area contributed by atoms with Crippen LogP contribution in [0, 0.1) is 6.92 Å². The van der Waals surface area contributed by atoms with Gasteiger partial charge in [-0.3, -0.25) is 5.43 Å². The number of rotatable bonds is 2. The van der Waals surface area contributed by atoms with Crippen molar-refractivity contribution in [1.82, 2.24) is 9.97 Å². The number of hydrogen-bond donors (Lipinski definition) is 2. The van der Waals surface area contributed by atoms with Crippen molar-refractivity contribution < 1.29 is 0 Å². The molecule has 0 bridgehead atoms. The average Bonchev–Trinajstić information content (AvgIpc) is 2.92. The van der Waals surface area contributed by atoms with Gasteiger partial charge in [-0.05, 0) is 32.8 Å². The maximum Gasteiger partial charge on any atom is 0.240 e. The molecule has 3 heterocycles. The zero-order chi connectivity index (χ0) is 12.7. The molecule has 6 heteroatoms. The van der Waals surface area contributed by atoms with E-state index in [9.17, 15) is 0 Å². The highest BCUT2D eigenvalue weighted by molar-refractivity contribution is 7.18. The average molecular weight is 263 g/mol. The number of fused-ring (bicyclic) bond motifs is 1. The molecular weight excluding hydrogens is 246 g/mol. The number of thiophene rings is 1. The van der Waals surface area contributed by atoms with Crippen LogP contribution >= 0.6 is 11.3 Å². The van der Waals surface area contributed by atoms with Gasteiger partial charge in [-0.1, -0.05) is 0 Å². The number of nitrogen functional groups attached to an aromatic ring is 1. The van der Waals surface area contributed by atoms with E-state index in [0.29, 0.717) is 12.0 Å². The molecule has 1 unspecified atom stereocenters. The SMILES string of the molecule is Cc1cc2c(N3CCCC3C)nc(NN)nc2s1. The van der Waals surface area contributed by atoms with Crippen molar-refractivity contribution in [3.63, 3.8) is 0 Å². The lowest BCUT2D eigenvalue weighted by Gasteiger charge is -2.23. The van der Waals surface area contributed by atoms with Crippen LogP contribution in [0.4, 0.5) is 11.8 Å². The summed E-state index contributed by atoms with van der Waals surface area (Å²) in [5.74, 6) is 6.98. The van der Waals surface area contributed by atoms with Crippen LogP contribution in [-0.2, 0) is 0 Å². The minimum Gasteiger partial charge on any atom is -0.353 e. The molecule has 0 radical (unpaired) electrons. The zero-order valence-electron chi connectivity index (χ0n) is 10.6. The Hall–Kier alpha value is -1.40. The quantitative estimate of drug-likeness (QED) is 0.642. The monoisotopic (exact) mass is 263 g/mol. The second kappa shape index (κ2) is 4.37. The fourth-order valence-electron chi connectivity index (χ4n) is 2.56. The first-order valence-electron chi connectivity index (χ1n) is 6.20. The summed E-state index contributed by atoms with van der Waals surface area (Å²) in [4.78, 5) is 13.6. The van der Waals surface area contributed by atoms with Gasteiger partial charge in [-0.2, -0.15) is 4.98 Å². The third kappa shape index (κ3) is 1.81. The molecule has 0 saturated carbocycles. The zero-order valence-corrected chi connectivity index (χ0v) is 11.4. The fourth-order valence-corrected chi connectivity index (χ4v) is 3.43. The summed E-state index contributed by atoms with van der Waals surface area (Å²) < 4.78 is 0. The van der Waals surface area contributed by atoms with Crippen LogP contribution in [0.5, 0.6) is 0 Å². The molecular formula is C12H17N5S. The van der Waals surface area contributed by atoms with E-state index < -0.39 is 0 Å². The number of nitrogens with zero attached hydrogens (tertiary/aromatic N) is 3. The van der Waals surface area contributed by atoms with Crippen LogP contribution in [0.2, 0.25) is 0 Å². The number of hydrazine groups is 1. The Morgan fingerprint density at radius 1 is 1.50 bits per heavy atom. The Bertz CT molecular complexity index is 579. The molecule has 0 amide bonds. The summed E-state index contributed by atoms with van der Waals surface area (Å²) in [7, 11) is 0. The summed E-state index contributed by atoms with van der Waals surface area (Å²) >= 11 is 1.68. The Balaban J connectivity index is 2.18. The second-order valence-corrected chi connectivity index (χ2v) is 6.01. The number of aromatic nitrogens is 2.